The van der Waals surface area contributed by atoms with Crippen LogP contribution in [-0.2, 0) is 4.79 Å². The molecule has 1 aromatic rings. The number of amides is 1. The molecule has 1 amide bonds. The third kappa shape index (κ3) is 4.93. The lowest BCUT2D eigenvalue weighted by Crippen LogP contribution is -2.39. The number of nitrogens with one attached hydrogen (secondary N) is 1. The lowest BCUT2D eigenvalue weighted by Gasteiger charge is -2.34. The van der Waals surface area contributed by atoms with E-state index < -0.39 is 0 Å². The molecule has 1 aliphatic rings. The van der Waals surface area contributed by atoms with E-state index in [9.17, 15) is 4.79 Å². The van der Waals surface area contributed by atoms with Gasteiger partial charge in [-0.15, -0.1) is 11.8 Å². The molecule has 3 N–H and O–H groups in total. The maximum absolute atomic E-state index is 11.0. The number of thioether (sulfide) groups is 1. The molecule has 1 aliphatic heterocycles. The molecular formula is C16H25N3OS. The van der Waals surface area contributed by atoms with Gasteiger partial charge in [0.15, 0.2) is 0 Å². The van der Waals surface area contributed by atoms with Crippen LogP contribution in [0.3, 0.4) is 0 Å². The first-order chi connectivity index (χ1) is 10.1. The Labute approximate surface area is 131 Å². The molecule has 2 atom stereocenters. The Morgan fingerprint density at radius 3 is 3.00 bits per heavy atom. The number of piperidine rings is 1. The van der Waals surface area contributed by atoms with E-state index >= 15 is 0 Å². The van der Waals surface area contributed by atoms with E-state index in [4.69, 9.17) is 5.73 Å². The molecule has 116 valence electrons. The molecule has 0 radical (unpaired) electrons. The van der Waals surface area contributed by atoms with Crippen LogP contribution < -0.4 is 11.1 Å². The summed E-state index contributed by atoms with van der Waals surface area (Å²) in [4.78, 5) is 14.5. The summed E-state index contributed by atoms with van der Waals surface area (Å²) in [7, 11) is 2.19. The normalized spacial score (nSPS) is 21.0. The van der Waals surface area contributed by atoms with Crippen LogP contribution in [0.1, 0.15) is 19.8 Å². The number of likely N-dealkylation sites (tertiary alicyclic amines) is 1. The Morgan fingerprint density at radius 2 is 2.29 bits per heavy atom. The lowest BCUT2D eigenvalue weighted by molar-refractivity contribution is -0.115. The van der Waals surface area contributed by atoms with Crippen molar-refractivity contribution < 1.29 is 4.79 Å². The second-order valence-electron chi connectivity index (χ2n) is 5.85. The molecule has 21 heavy (non-hydrogen) atoms. The molecule has 4 nitrogen and oxygen atoms in total. The maximum Gasteiger partial charge on any atom is 0.227 e. The second-order valence-corrected chi connectivity index (χ2v) is 6.87. The predicted molar refractivity (Wildman–Crippen MR) is 89.7 cm³/mol. The SMILES string of the molecule is CC(Nc1ccccc1SCC(N)=O)C1CCCN(C)C1. The summed E-state index contributed by atoms with van der Waals surface area (Å²) < 4.78 is 0. The van der Waals surface area contributed by atoms with E-state index in [2.05, 4.69) is 30.3 Å². The minimum absolute atomic E-state index is 0.281. The van der Waals surface area contributed by atoms with Crippen LogP contribution in [0.2, 0.25) is 0 Å². The first-order valence-corrected chi connectivity index (χ1v) is 8.50. The molecule has 1 saturated heterocycles. The number of nitrogens with two attached hydrogens (primary N) is 1. The summed E-state index contributed by atoms with van der Waals surface area (Å²) in [5.74, 6) is 0.703. The van der Waals surface area contributed by atoms with Crippen molar-refractivity contribution in [1.29, 1.82) is 0 Å². The van der Waals surface area contributed by atoms with E-state index in [-0.39, 0.29) is 5.91 Å². The highest BCUT2D eigenvalue weighted by Gasteiger charge is 2.23. The zero-order valence-electron chi connectivity index (χ0n) is 12.8. The minimum atomic E-state index is -0.281. The number of nitrogens with zero attached hydrogens (tertiary/aromatic N) is 1. The molecule has 5 heteroatoms. The maximum atomic E-state index is 11.0. The van der Waals surface area contributed by atoms with E-state index in [0.29, 0.717) is 17.7 Å². The molecule has 0 saturated carbocycles. The van der Waals surface area contributed by atoms with E-state index in [0.717, 1.165) is 17.1 Å². The van der Waals surface area contributed by atoms with Crippen LogP contribution in [-0.4, -0.2) is 42.7 Å². The zero-order valence-corrected chi connectivity index (χ0v) is 13.7. The number of para-hydroxylation sites is 1. The molecule has 0 spiro atoms. The number of benzene rings is 1. The van der Waals surface area contributed by atoms with Crippen molar-refractivity contribution >= 4 is 23.4 Å². The van der Waals surface area contributed by atoms with E-state index in [1.165, 1.54) is 31.1 Å². The number of primary amides is 1. The highest BCUT2D eigenvalue weighted by atomic mass is 32.2. The highest BCUT2D eigenvalue weighted by Crippen LogP contribution is 2.29. The molecular weight excluding hydrogens is 282 g/mol. The monoisotopic (exact) mass is 307 g/mol. The zero-order chi connectivity index (χ0) is 15.2. The number of carbonyl (C=O) groups excluding carboxylic acids is 1. The average Bonchev–Trinajstić information content (AvgIpc) is 2.46. The molecule has 0 aliphatic carbocycles. The summed E-state index contributed by atoms with van der Waals surface area (Å²) in [6, 6.07) is 8.55. The fraction of sp³-hybridized carbons (Fsp3) is 0.562. The molecule has 2 unspecified atom stereocenters. The van der Waals surface area contributed by atoms with Gasteiger partial charge in [0.1, 0.15) is 0 Å². The topological polar surface area (TPSA) is 58.4 Å². The number of hydrogen-bond donors (Lipinski definition) is 2. The van der Waals surface area contributed by atoms with Crippen molar-refractivity contribution in [2.24, 2.45) is 11.7 Å². The van der Waals surface area contributed by atoms with Gasteiger partial charge in [0.05, 0.1) is 5.75 Å². The number of hydrogen-bond acceptors (Lipinski definition) is 4. The van der Waals surface area contributed by atoms with Gasteiger partial charge in [0.25, 0.3) is 0 Å². The number of anilines is 1. The second kappa shape index (κ2) is 7.71. The van der Waals surface area contributed by atoms with Gasteiger partial charge in [-0.2, -0.15) is 0 Å². The third-order valence-corrected chi connectivity index (χ3v) is 5.10. The van der Waals surface area contributed by atoms with Crippen LogP contribution in [0.5, 0.6) is 0 Å². The third-order valence-electron chi connectivity index (χ3n) is 4.01. The summed E-state index contributed by atoms with van der Waals surface area (Å²) in [5.41, 5.74) is 6.34. The quantitative estimate of drug-likeness (QED) is 0.792. The van der Waals surface area contributed by atoms with Gasteiger partial charge < -0.3 is 16.0 Å². The van der Waals surface area contributed by atoms with Crippen molar-refractivity contribution in [1.82, 2.24) is 4.90 Å². The van der Waals surface area contributed by atoms with Crippen LogP contribution in [0.15, 0.2) is 29.2 Å². The first kappa shape index (κ1) is 16.2. The van der Waals surface area contributed by atoms with E-state index in [1.54, 1.807) is 0 Å². The van der Waals surface area contributed by atoms with Crippen LogP contribution in [0.25, 0.3) is 0 Å². The fourth-order valence-corrected chi connectivity index (χ4v) is 3.59. The van der Waals surface area contributed by atoms with Crippen molar-refractivity contribution in [2.75, 3.05) is 31.2 Å². The Kier molecular flexibility index (Phi) is 5.94. The number of rotatable bonds is 6. The number of carbonyl (C=O) groups is 1. The molecule has 0 bridgehead atoms. The predicted octanol–water partition coefficient (Wildman–Crippen LogP) is 2.41. The first-order valence-electron chi connectivity index (χ1n) is 7.51. The van der Waals surface area contributed by atoms with Crippen molar-refractivity contribution in [3.63, 3.8) is 0 Å². The average molecular weight is 307 g/mol. The summed E-state index contributed by atoms with van der Waals surface area (Å²) in [6.45, 7) is 4.60. The van der Waals surface area contributed by atoms with Crippen molar-refractivity contribution in [2.45, 2.75) is 30.7 Å². The Morgan fingerprint density at radius 1 is 1.52 bits per heavy atom. The van der Waals surface area contributed by atoms with Crippen molar-refractivity contribution in [3.8, 4) is 0 Å². The molecule has 1 aromatic carbocycles. The Bertz CT molecular complexity index is 480. The summed E-state index contributed by atoms with van der Waals surface area (Å²) in [5, 5.41) is 3.62. The molecule has 1 fully saturated rings. The van der Waals surface area contributed by atoms with Gasteiger partial charge in [-0.3, -0.25) is 4.79 Å². The Hall–Kier alpha value is -1.20. The van der Waals surface area contributed by atoms with Gasteiger partial charge >= 0.3 is 0 Å². The van der Waals surface area contributed by atoms with Crippen LogP contribution in [0.4, 0.5) is 5.69 Å². The Balaban J connectivity index is 1.99. The standard InChI is InChI=1S/C16H25N3OS/c1-12(13-6-5-9-19(2)10-13)18-14-7-3-4-8-15(14)21-11-16(17)20/h3-4,7-8,12-13,18H,5-6,9-11H2,1-2H3,(H2,17,20). The van der Waals surface area contributed by atoms with Crippen LogP contribution in [0, 0.1) is 5.92 Å². The van der Waals surface area contributed by atoms with Crippen LogP contribution >= 0.6 is 11.8 Å². The fourth-order valence-electron chi connectivity index (χ4n) is 2.84. The van der Waals surface area contributed by atoms with Gasteiger partial charge in [0, 0.05) is 23.2 Å². The lowest BCUT2D eigenvalue weighted by atomic mass is 9.92. The minimum Gasteiger partial charge on any atom is -0.381 e. The molecule has 0 aromatic heterocycles. The highest BCUT2D eigenvalue weighted by molar-refractivity contribution is 8.00. The van der Waals surface area contributed by atoms with Gasteiger partial charge in [0.2, 0.25) is 5.91 Å². The van der Waals surface area contributed by atoms with Crippen molar-refractivity contribution in [3.05, 3.63) is 24.3 Å². The summed E-state index contributed by atoms with van der Waals surface area (Å²) >= 11 is 1.50. The molecule has 2 rings (SSSR count). The van der Waals surface area contributed by atoms with Gasteiger partial charge in [-0.05, 0) is 51.4 Å². The summed E-state index contributed by atoms with van der Waals surface area (Å²) in [6.07, 6.45) is 2.54. The van der Waals surface area contributed by atoms with Gasteiger partial charge in [-0.1, -0.05) is 12.1 Å². The van der Waals surface area contributed by atoms with E-state index in [1.807, 2.05) is 18.2 Å². The van der Waals surface area contributed by atoms with Gasteiger partial charge in [-0.25, -0.2) is 0 Å². The molecule has 1 heterocycles. The largest absolute Gasteiger partial charge is 0.381 e. The smallest absolute Gasteiger partial charge is 0.227 e.